The van der Waals surface area contributed by atoms with Crippen molar-refractivity contribution in [3.05, 3.63) is 21.9 Å². The van der Waals surface area contributed by atoms with Gasteiger partial charge in [-0.2, -0.15) is 0 Å². The third kappa shape index (κ3) is 5.21. The van der Waals surface area contributed by atoms with Gasteiger partial charge in [0.1, 0.15) is 0 Å². The fourth-order valence-corrected chi connectivity index (χ4v) is 4.70. The lowest BCUT2D eigenvalue weighted by atomic mass is 9.81. The van der Waals surface area contributed by atoms with Crippen LogP contribution in [0.25, 0.3) is 0 Å². The summed E-state index contributed by atoms with van der Waals surface area (Å²) in [6, 6.07) is 5.89. The van der Waals surface area contributed by atoms with Gasteiger partial charge in [0, 0.05) is 21.8 Å². The number of nitrogens with one attached hydrogen (secondary N) is 1. The van der Waals surface area contributed by atoms with Crippen LogP contribution >= 0.6 is 11.3 Å². The van der Waals surface area contributed by atoms with Crippen LogP contribution in [0.3, 0.4) is 0 Å². The van der Waals surface area contributed by atoms with Crippen LogP contribution < -0.4 is 5.32 Å². The van der Waals surface area contributed by atoms with Gasteiger partial charge >= 0.3 is 0 Å². The van der Waals surface area contributed by atoms with Crippen molar-refractivity contribution in [3.8, 4) is 0 Å². The fraction of sp³-hybridized carbons (Fsp3) is 0.778. The standard InChI is InChI=1S/C18H31NS/c1-13(2)10-16-6-5-7-17(12-16)19-14(3)11-18-9-8-15(4)20-18/h8-9,13-14,16-17,19H,5-7,10-12H2,1-4H3. The molecule has 1 fully saturated rings. The van der Waals surface area contributed by atoms with E-state index in [1.165, 1.54) is 48.3 Å². The van der Waals surface area contributed by atoms with Gasteiger partial charge in [-0.25, -0.2) is 0 Å². The first-order valence-corrected chi connectivity index (χ1v) is 9.16. The Labute approximate surface area is 129 Å². The number of aryl methyl sites for hydroxylation is 1. The highest BCUT2D eigenvalue weighted by molar-refractivity contribution is 7.11. The highest BCUT2D eigenvalue weighted by Crippen LogP contribution is 2.29. The quantitative estimate of drug-likeness (QED) is 0.762. The van der Waals surface area contributed by atoms with Gasteiger partial charge in [-0.3, -0.25) is 0 Å². The lowest BCUT2D eigenvalue weighted by Crippen LogP contribution is -2.40. The summed E-state index contributed by atoms with van der Waals surface area (Å²) in [5, 5.41) is 3.89. The molecule has 1 aliphatic carbocycles. The van der Waals surface area contributed by atoms with E-state index >= 15 is 0 Å². The molecule has 2 heteroatoms. The molecule has 1 N–H and O–H groups in total. The summed E-state index contributed by atoms with van der Waals surface area (Å²) in [7, 11) is 0. The first-order valence-electron chi connectivity index (χ1n) is 8.34. The second-order valence-corrected chi connectivity index (χ2v) is 8.52. The molecule has 0 amide bonds. The monoisotopic (exact) mass is 293 g/mol. The van der Waals surface area contributed by atoms with E-state index in [1.54, 1.807) is 0 Å². The maximum Gasteiger partial charge on any atom is 0.00896 e. The lowest BCUT2D eigenvalue weighted by molar-refractivity contribution is 0.242. The van der Waals surface area contributed by atoms with Gasteiger partial charge in [0.2, 0.25) is 0 Å². The summed E-state index contributed by atoms with van der Waals surface area (Å²) in [5.74, 6) is 1.81. The average Bonchev–Trinajstić information content (AvgIpc) is 2.74. The number of hydrogen-bond donors (Lipinski definition) is 1. The Morgan fingerprint density at radius 1 is 1.25 bits per heavy atom. The Morgan fingerprint density at radius 2 is 2.05 bits per heavy atom. The van der Waals surface area contributed by atoms with Crippen molar-refractivity contribution in [1.29, 1.82) is 0 Å². The molecule has 1 nitrogen and oxygen atoms in total. The molecule has 0 radical (unpaired) electrons. The maximum atomic E-state index is 3.89. The molecule has 0 aliphatic heterocycles. The maximum absolute atomic E-state index is 3.89. The van der Waals surface area contributed by atoms with E-state index in [9.17, 15) is 0 Å². The second-order valence-electron chi connectivity index (χ2n) is 7.14. The van der Waals surface area contributed by atoms with Gasteiger partial charge in [0.05, 0.1) is 0 Å². The van der Waals surface area contributed by atoms with Gasteiger partial charge in [-0.05, 0) is 63.5 Å². The molecule has 1 heterocycles. The summed E-state index contributed by atoms with van der Waals surface area (Å²) < 4.78 is 0. The van der Waals surface area contributed by atoms with Gasteiger partial charge < -0.3 is 5.32 Å². The molecule has 114 valence electrons. The Kier molecular flexibility index (Phi) is 6.10. The average molecular weight is 294 g/mol. The van der Waals surface area contributed by atoms with Crippen molar-refractivity contribution in [3.63, 3.8) is 0 Å². The third-order valence-electron chi connectivity index (χ3n) is 4.41. The van der Waals surface area contributed by atoms with Gasteiger partial charge in [-0.15, -0.1) is 11.3 Å². The molecule has 1 aliphatic rings. The zero-order valence-corrected chi connectivity index (χ0v) is 14.4. The smallest absolute Gasteiger partial charge is 0.00896 e. The van der Waals surface area contributed by atoms with E-state index in [0.29, 0.717) is 6.04 Å². The van der Waals surface area contributed by atoms with E-state index in [4.69, 9.17) is 0 Å². The highest BCUT2D eigenvalue weighted by Gasteiger charge is 2.23. The highest BCUT2D eigenvalue weighted by atomic mass is 32.1. The van der Waals surface area contributed by atoms with E-state index in [1.807, 2.05) is 11.3 Å². The Balaban J connectivity index is 1.77. The lowest BCUT2D eigenvalue weighted by Gasteiger charge is -2.32. The first kappa shape index (κ1) is 16.0. The molecule has 1 saturated carbocycles. The molecule has 1 aromatic heterocycles. The van der Waals surface area contributed by atoms with Crippen LogP contribution in [0, 0.1) is 18.8 Å². The van der Waals surface area contributed by atoms with Crippen LogP contribution in [-0.4, -0.2) is 12.1 Å². The fourth-order valence-electron chi connectivity index (χ4n) is 3.68. The van der Waals surface area contributed by atoms with Crippen molar-refractivity contribution in [2.24, 2.45) is 11.8 Å². The van der Waals surface area contributed by atoms with Crippen LogP contribution in [0.4, 0.5) is 0 Å². The predicted molar refractivity (Wildman–Crippen MR) is 90.6 cm³/mol. The van der Waals surface area contributed by atoms with Crippen LogP contribution in [0.15, 0.2) is 12.1 Å². The van der Waals surface area contributed by atoms with Crippen LogP contribution in [0.2, 0.25) is 0 Å². The minimum Gasteiger partial charge on any atom is -0.311 e. The molecule has 3 atom stereocenters. The van der Waals surface area contributed by atoms with Crippen molar-refractivity contribution in [2.75, 3.05) is 0 Å². The van der Waals surface area contributed by atoms with E-state index in [-0.39, 0.29) is 0 Å². The topological polar surface area (TPSA) is 12.0 Å². The van der Waals surface area contributed by atoms with E-state index in [0.717, 1.165) is 17.9 Å². The Hall–Kier alpha value is -0.340. The van der Waals surface area contributed by atoms with Crippen molar-refractivity contribution >= 4 is 11.3 Å². The molecule has 2 rings (SSSR count). The SMILES string of the molecule is Cc1ccc(CC(C)NC2CCCC(CC(C)C)C2)s1. The molecule has 20 heavy (non-hydrogen) atoms. The second kappa shape index (κ2) is 7.61. The molecule has 0 saturated heterocycles. The minimum absolute atomic E-state index is 0.607. The Bertz CT molecular complexity index is 396. The molecule has 1 aromatic rings. The van der Waals surface area contributed by atoms with Crippen LogP contribution in [-0.2, 0) is 6.42 Å². The van der Waals surface area contributed by atoms with Crippen molar-refractivity contribution in [1.82, 2.24) is 5.32 Å². The van der Waals surface area contributed by atoms with Crippen molar-refractivity contribution < 1.29 is 0 Å². The largest absolute Gasteiger partial charge is 0.311 e. The Morgan fingerprint density at radius 3 is 2.70 bits per heavy atom. The first-order chi connectivity index (χ1) is 9.52. The zero-order valence-electron chi connectivity index (χ0n) is 13.6. The third-order valence-corrected chi connectivity index (χ3v) is 5.43. The van der Waals surface area contributed by atoms with Gasteiger partial charge in [-0.1, -0.05) is 26.7 Å². The van der Waals surface area contributed by atoms with Crippen LogP contribution in [0.1, 0.15) is 62.6 Å². The van der Waals surface area contributed by atoms with E-state index < -0.39 is 0 Å². The molecular formula is C18H31NS. The minimum atomic E-state index is 0.607. The summed E-state index contributed by atoms with van der Waals surface area (Å²) in [5.41, 5.74) is 0. The van der Waals surface area contributed by atoms with Gasteiger partial charge in [0.25, 0.3) is 0 Å². The van der Waals surface area contributed by atoms with E-state index in [2.05, 4.69) is 45.1 Å². The summed E-state index contributed by atoms with van der Waals surface area (Å²) in [6.45, 7) is 9.27. The molecule has 0 aromatic carbocycles. The predicted octanol–water partition coefficient (Wildman–Crippen LogP) is 5.18. The zero-order chi connectivity index (χ0) is 14.5. The molecular weight excluding hydrogens is 262 g/mol. The number of rotatable bonds is 6. The normalized spacial score (nSPS) is 25.1. The molecule has 0 spiro atoms. The van der Waals surface area contributed by atoms with Gasteiger partial charge in [0.15, 0.2) is 0 Å². The summed E-state index contributed by atoms with van der Waals surface area (Å²) in [4.78, 5) is 2.96. The van der Waals surface area contributed by atoms with Crippen LogP contribution in [0.5, 0.6) is 0 Å². The van der Waals surface area contributed by atoms with Crippen molar-refractivity contribution in [2.45, 2.75) is 78.3 Å². The molecule has 3 unspecified atom stereocenters. The summed E-state index contributed by atoms with van der Waals surface area (Å²) in [6.07, 6.45) is 8.24. The molecule has 0 bridgehead atoms. The number of thiophene rings is 1. The summed E-state index contributed by atoms with van der Waals surface area (Å²) >= 11 is 1.95. The number of hydrogen-bond acceptors (Lipinski definition) is 2.